The molecule has 1 fully saturated rings. The molecule has 1 aliphatic heterocycles. The van der Waals surface area contributed by atoms with E-state index in [1.165, 1.54) is 0 Å². The summed E-state index contributed by atoms with van der Waals surface area (Å²) in [6.07, 6.45) is 2.43. The SMILES string of the molecule is COc1cccc(OC)c1/C=C1\CN(C)CC(Cc2c(OC)cccc2OC)C1=O. The van der Waals surface area contributed by atoms with Crippen molar-refractivity contribution in [1.82, 2.24) is 4.90 Å². The number of hydrogen-bond donors (Lipinski definition) is 0. The summed E-state index contributed by atoms with van der Waals surface area (Å²) in [7, 11) is 8.51. The highest BCUT2D eigenvalue weighted by molar-refractivity contribution is 6.03. The van der Waals surface area contributed by atoms with Crippen LogP contribution < -0.4 is 18.9 Å². The lowest BCUT2D eigenvalue weighted by Gasteiger charge is -2.31. The fourth-order valence-electron chi connectivity index (χ4n) is 4.00. The number of likely N-dealkylation sites (N-methyl/N-ethyl adjacent to an activating group) is 1. The molecule has 0 saturated carbocycles. The predicted molar refractivity (Wildman–Crippen MR) is 117 cm³/mol. The van der Waals surface area contributed by atoms with Gasteiger partial charge in [-0.1, -0.05) is 12.1 Å². The van der Waals surface area contributed by atoms with Crippen molar-refractivity contribution >= 4 is 11.9 Å². The van der Waals surface area contributed by atoms with Gasteiger partial charge in [0.05, 0.1) is 34.0 Å². The second-order valence-corrected chi connectivity index (χ2v) is 7.35. The molecule has 0 aliphatic carbocycles. The Morgan fingerprint density at radius 1 is 0.900 bits per heavy atom. The van der Waals surface area contributed by atoms with Crippen LogP contribution in [0.1, 0.15) is 11.1 Å². The highest BCUT2D eigenvalue weighted by Crippen LogP contribution is 2.35. The molecule has 3 rings (SSSR count). The molecule has 1 unspecified atom stereocenters. The highest BCUT2D eigenvalue weighted by atomic mass is 16.5. The molecule has 0 spiro atoms. The maximum atomic E-state index is 13.4. The third kappa shape index (κ3) is 4.44. The van der Waals surface area contributed by atoms with Gasteiger partial charge in [0.25, 0.3) is 0 Å². The third-order valence-corrected chi connectivity index (χ3v) is 5.42. The van der Waals surface area contributed by atoms with Crippen LogP contribution >= 0.6 is 0 Å². The lowest BCUT2D eigenvalue weighted by Crippen LogP contribution is -2.41. The fourth-order valence-corrected chi connectivity index (χ4v) is 4.00. The van der Waals surface area contributed by atoms with E-state index < -0.39 is 0 Å². The zero-order chi connectivity index (χ0) is 21.7. The number of ketones is 1. The number of carbonyl (C=O) groups excluding carboxylic acids is 1. The van der Waals surface area contributed by atoms with Gasteiger partial charge in [-0.25, -0.2) is 0 Å². The summed E-state index contributed by atoms with van der Waals surface area (Å²) in [6.45, 7) is 1.24. The normalized spacial score (nSPS) is 18.4. The minimum Gasteiger partial charge on any atom is -0.496 e. The quantitative estimate of drug-likeness (QED) is 0.651. The number of rotatable bonds is 7. The first kappa shape index (κ1) is 21.7. The molecule has 1 saturated heterocycles. The van der Waals surface area contributed by atoms with Crippen LogP contribution in [0.5, 0.6) is 23.0 Å². The number of carbonyl (C=O) groups is 1. The van der Waals surface area contributed by atoms with Gasteiger partial charge in [0.1, 0.15) is 23.0 Å². The molecule has 6 nitrogen and oxygen atoms in total. The first-order valence-electron chi connectivity index (χ1n) is 9.86. The molecular formula is C24H29NO5. The zero-order valence-electron chi connectivity index (χ0n) is 18.2. The van der Waals surface area contributed by atoms with E-state index in [2.05, 4.69) is 4.90 Å². The summed E-state index contributed by atoms with van der Waals surface area (Å²) in [6, 6.07) is 11.3. The summed E-state index contributed by atoms with van der Waals surface area (Å²) >= 11 is 0. The number of nitrogens with zero attached hydrogens (tertiary/aromatic N) is 1. The topological polar surface area (TPSA) is 57.2 Å². The molecule has 0 N–H and O–H groups in total. The number of methoxy groups -OCH3 is 4. The molecule has 160 valence electrons. The Balaban J connectivity index is 1.97. The van der Waals surface area contributed by atoms with E-state index >= 15 is 0 Å². The zero-order valence-corrected chi connectivity index (χ0v) is 18.2. The number of piperidine rings is 1. The molecule has 2 aromatic carbocycles. The predicted octanol–water partition coefficient (Wildman–Crippen LogP) is 3.48. The molecule has 30 heavy (non-hydrogen) atoms. The summed E-state index contributed by atoms with van der Waals surface area (Å²) in [5.74, 6) is 2.71. The van der Waals surface area contributed by atoms with Crippen molar-refractivity contribution < 1.29 is 23.7 Å². The van der Waals surface area contributed by atoms with E-state index in [4.69, 9.17) is 18.9 Å². The lowest BCUT2D eigenvalue weighted by atomic mass is 9.86. The molecule has 2 aromatic rings. The third-order valence-electron chi connectivity index (χ3n) is 5.42. The van der Waals surface area contributed by atoms with E-state index in [1.807, 2.05) is 49.5 Å². The summed E-state index contributed by atoms with van der Waals surface area (Å²) in [5, 5.41) is 0. The molecule has 0 amide bonds. The van der Waals surface area contributed by atoms with Crippen molar-refractivity contribution in [2.45, 2.75) is 6.42 Å². The van der Waals surface area contributed by atoms with Gasteiger partial charge < -0.3 is 23.8 Å². The van der Waals surface area contributed by atoms with Gasteiger partial charge in [0.2, 0.25) is 0 Å². The van der Waals surface area contributed by atoms with Crippen LogP contribution in [0.2, 0.25) is 0 Å². The van der Waals surface area contributed by atoms with Gasteiger partial charge in [-0.3, -0.25) is 4.79 Å². The summed E-state index contributed by atoms with van der Waals surface area (Å²) in [5.41, 5.74) is 2.41. The van der Waals surface area contributed by atoms with E-state index in [0.717, 1.165) is 28.2 Å². The average molecular weight is 411 g/mol. The van der Waals surface area contributed by atoms with E-state index in [1.54, 1.807) is 28.4 Å². The smallest absolute Gasteiger partial charge is 0.164 e. The van der Waals surface area contributed by atoms with Gasteiger partial charge >= 0.3 is 0 Å². The van der Waals surface area contributed by atoms with Crippen molar-refractivity contribution in [3.63, 3.8) is 0 Å². The number of benzene rings is 2. The molecule has 1 aliphatic rings. The van der Waals surface area contributed by atoms with Crippen molar-refractivity contribution in [3.05, 3.63) is 53.1 Å². The first-order valence-corrected chi connectivity index (χ1v) is 9.86. The molecule has 0 bridgehead atoms. The molecule has 6 heteroatoms. The Hall–Kier alpha value is -2.99. The Labute approximate surface area is 178 Å². The second-order valence-electron chi connectivity index (χ2n) is 7.35. The van der Waals surface area contributed by atoms with Crippen molar-refractivity contribution in [2.24, 2.45) is 5.92 Å². The van der Waals surface area contributed by atoms with Crippen LogP contribution in [-0.2, 0) is 11.2 Å². The molecule has 0 aromatic heterocycles. The van der Waals surface area contributed by atoms with Gasteiger partial charge in [-0.05, 0) is 43.8 Å². The molecule has 1 heterocycles. The van der Waals surface area contributed by atoms with Crippen LogP contribution in [0, 0.1) is 5.92 Å². The number of Topliss-reactive ketones (excluding diaryl/α,β-unsaturated/α-hetero) is 1. The standard InChI is InChI=1S/C24H29NO5/c1-25-14-16(12-18-20(27-2)8-6-9-21(18)28-3)24(26)17(15-25)13-19-22(29-4)10-7-11-23(19)30-5/h6-12,17H,13-15H2,1-5H3/b16-12+. The lowest BCUT2D eigenvalue weighted by molar-refractivity contribution is -0.121. The van der Waals surface area contributed by atoms with Crippen LogP contribution in [0.25, 0.3) is 6.08 Å². The first-order chi connectivity index (χ1) is 14.5. The van der Waals surface area contributed by atoms with Crippen LogP contribution in [0.4, 0.5) is 0 Å². The number of ether oxygens (including phenoxy) is 4. The van der Waals surface area contributed by atoms with Gasteiger partial charge in [0.15, 0.2) is 5.78 Å². The molecular weight excluding hydrogens is 382 g/mol. The summed E-state index contributed by atoms with van der Waals surface area (Å²) < 4.78 is 22.0. The number of hydrogen-bond acceptors (Lipinski definition) is 6. The molecule has 0 radical (unpaired) electrons. The number of likely N-dealkylation sites (tertiary alicyclic amines) is 1. The van der Waals surface area contributed by atoms with E-state index in [-0.39, 0.29) is 11.7 Å². The Morgan fingerprint density at radius 3 is 1.90 bits per heavy atom. The minimum absolute atomic E-state index is 0.119. The Bertz CT molecular complexity index is 893. The van der Waals surface area contributed by atoms with E-state index in [9.17, 15) is 4.79 Å². The Kier molecular flexibility index (Phi) is 7.00. The van der Waals surface area contributed by atoms with Crippen LogP contribution in [-0.4, -0.2) is 59.3 Å². The van der Waals surface area contributed by atoms with Gasteiger partial charge in [0, 0.05) is 30.1 Å². The maximum absolute atomic E-state index is 13.4. The average Bonchev–Trinajstić information content (AvgIpc) is 2.76. The molecule has 1 atom stereocenters. The van der Waals surface area contributed by atoms with Crippen LogP contribution in [0.3, 0.4) is 0 Å². The van der Waals surface area contributed by atoms with Gasteiger partial charge in [-0.15, -0.1) is 0 Å². The van der Waals surface area contributed by atoms with Crippen molar-refractivity contribution in [1.29, 1.82) is 0 Å². The van der Waals surface area contributed by atoms with Crippen LogP contribution in [0.15, 0.2) is 42.0 Å². The van der Waals surface area contributed by atoms with Crippen molar-refractivity contribution in [3.8, 4) is 23.0 Å². The second kappa shape index (κ2) is 9.67. The monoisotopic (exact) mass is 411 g/mol. The maximum Gasteiger partial charge on any atom is 0.164 e. The van der Waals surface area contributed by atoms with E-state index in [0.29, 0.717) is 31.0 Å². The fraction of sp³-hybridized carbons (Fsp3) is 0.375. The van der Waals surface area contributed by atoms with Crippen molar-refractivity contribution in [2.75, 3.05) is 48.6 Å². The van der Waals surface area contributed by atoms with Gasteiger partial charge in [-0.2, -0.15) is 0 Å². The summed E-state index contributed by atoms with van der Waals surface area (Å²) in [4.78, 5) is 15.6. The minimum atomic E-state index is -0.207. The highest BCUT2D eigenvalue weighted by Gasteiger charge is 2.31. The largest absolute Gasteiger partial charge is 0.496 e. The Morgan fingerprint density at radius 2 is 1.40 bits per heavy atom.